The largest absolute Gasteiger partial charge is 0.370 e. The van der Waals surface area contributed by atoms with E-state index in [2.05, 4.69) is 15.3 Å². The van der Waals surface area contributed by atoms with Crippen LogP contribution in [0.1, 0.15) is 57.9 Å². The second kappa shape index (κ2) is 14.9. The van der Waals surface area contributed by atoms with Crippen LogP contribution in [0.4, 0.5) is 0 Å². The van der Waals surface area contributed by atoms with E-state index in [9.17, 15) is 19.2 Å². The van der Waals surface area contributed by atoms with E-state index in [1.54, 1.807) is 16.0 Å². The van der Waals surface area contributed by atoms with Crippen molar-refractivity contribution < 1.29 is 19.2 Å². The van der Waals surface area contributed by atoms with Gasteiger partial charge in [0.25, 0.3) is 0 Å². The summed E-state index contributed by atoms with van der Waals surface area (Å²) in [6, 6.07) is 17.9. The predicted octanol–water partition coefficient (Wildman–Crippen LogP) is 2.29. The van der Waals surface area contributed by atoms with E-state index in [0.717, 1.165) is 16.0 Å². The summed E-state index contributed by atoms with van der Waals surface area (Å²) >= 11 is 1.31. The monoisotopic (exact) mass is 629 g/mol. The van der Waals surface area contributed by atoms with Gasteiger partial charge in [0.05, 0.1) is 18.6 Å². The second-order valence-corrected chi connectivity index (χ2v) is 12.6. The molecule has 5 rings (SSSR count). The van der Waals surface area contributed by atoms with Gasteiger partial charge in [0.15, 0.2) is 11.0 Å². The number of nitrogens with one attached hydrogen (secondary N) is 1. The number of benzene rings is 2. The van der Waals surface area contributed by atoms with Gasteiger partial charge in [-0.05, 0) is 43.2 Å². The lowest BCUT2D eigenvalue weighted by Crippen LogP contribution is -2.60. The van der Waals surface area contributed by atoms with Gasteiger partial charge >= 0.3 is 0 Å². The number of nitrogens with zero attached hydrogens (tertiary/aromatic N) is 4. The molecule has 3 atom stereocenters. The summed E-state index contributed by atoms with van der Waals surface area (Å²) in [5.74, 6) is -1.03. The lowest BCUT2D eigenvalue weighted by Gasteiger charge is -2.39. The number of ketones is 1. The van der Waals surface area contributed by atoms with Gasteiger partial charge in [-0.2, -0.15) is 0 Å². The van der Waals surface area contributed by atoms with Gasteiger partial charge in [-0.15, -0.1) is 11.3 Å². The van der Waals surface area contributed by atoms with Gasteiger partial charge in [0.1, 0.15) is 6.04 Å². The molecule has 3 aromatic rings. The van der Waals surface area contributed by atoms with Crippen LogP contribution in [0, 0.1) is 0 Å². The van der Waals surface area contributed by atoms with E-state index in [1.807, 2.05) is 60.7 Å². The van der Waals surface area contributed by atoms with Crippen LogP contribution in [0.5, 0.6) is 0 Å². The number of aryl methyl sites for hydroxylation is 1. The highest BCUT2D eigenvalue weighted by Crippen LogP contribution is 2.29. The Morgan fingerprint density at radius 1 is 1.02 bits per heavy atom. The molecule has 236 valence electrons. The normalized spacial score (nSPS) is 18.3. The summed E-state index contributed by atoms with van der Waals surface area (Å²) in [6.45, 7) is 0.648. The van der Waals surface area contributed by atoms with Gasteiger partial charge in [-0.3, -0.25) is 24.2 Å². The van der Waals surface area contributed by atoms with Crippen molar-refractivity contribution in [1.82, 2.24) is 20.1 Å². The zero-order chi connectivity index (χ0) is 31.8. The first-order chi connectivity index (χ1) is 21.8. The number of fused-ring (bicyclic) bond motifs is 1. The molecule has 2 saturated heterocycles. The van der Waals surface area contributed by atoms with Crippen molar-refractivity contribution in [2.75, 3.05) is 19.6 Å². The van der Waals surface area contributed by atoms with Crippen LogP contribution in [-0.4, -0.2) is 82.0 Å². The number of piperazine rings is 1. The smallest absolute Gasteiger partial charge is 0.243 e. The van der Waals surface area contributed by atoms with Crippen LogP contribution in [-0.2, 0) is 27.2 Å². The third-order valence-electron chi connectivity index (χ3n) is 8.24. The van der Waals surface area contributed by atoms with Gasteiger partial charge in [-0.1, -0.05) is 60.7 Å². The zero-order valence-corrected chi connectivity index (χ0v) is 26.0. The first-order valence-electron chi connectivity index (χ1n) is 15.3. The highest BCUT2D eigenvalue weighted by molar-refractivity contribution is 7.13. The predicted molar refractivity (Wildman–Crippen MR) is 173 cm³/mol. The van der Waals surface area contributed by atoms with Gasteiger partial charge < -0.3 is 26.6 Å². The number of Topliss-reactive ketones (excluding diaryl/α,β-unsaturated/α-hetero) is 1. The number of carbonyl (C=O) groups is 4. The number of thiazole rings is 1. The molecule has 2 aliphatic rings. The molecular weight excluding hydrogens is 590 g/mol. The maximum atomic E-state index is 13.6. The quantitative estimate of drug-likeness (QED) is 0.113. The molecule has 3 unspecified atom stereocenters. The Morgan fingerprint density at radius 2 is 1.73 bits per heavy atom. The first-order valence-corrected chi connectivity index (χ1v) is 16.1. The number of guanidine groups is 1. The maximum Gasteiger partial charge on any atom is 0.243 e. The van der Waals surface area contributed by atoms with Crippen LogP contribution in [0.25, 0.3) is 0 Å². The number of nitrogens with two attached hydrogens (primary N) is 2. The minimum absolute atomic E-state index is 0.0411. The molecule has 0 spiro atoms. The molecule has 2 fully saturated rings. The van der Waals surface area contributed by atoms with Gasteiger partial charge in [-0.25, -0.2) is 4.98 Å². The van der Waals surface area contributed by atoms with Crippen LogP contribution in [0.15, 0.2) is 71.9 Å². The van der Waals surface area contributed by atoms with Crippen molar-refractivity contribution in [3.8, 4) is 0 Å². The number of hydrogen-bond acceptors (Lipinski definition) is 7. The number of amides is 3. The van der Waals surface area contributed by atoms with E-state index < -0.39 is 12.1 Å². The Bertz CT molecular complexity index is 1520. The average molecular weight is 630 g/mol. The fraction of sp³-hybridized carbons (Fsp3) is 0.394. The van der Waals surface area contributed by atoms with Crippen molar-refractivity contribution in [3.05, 3.63) is 87.9 Å². The fourth-order valence-electron chi connectivity index (χ4n) is 5.99. The molecule has 45 heavy (non-hydrogen) atoms. The topological polar surface area (TPSA) is 164 Å². The van der Waals surface area contributed by atoms with Crippen molar-refractivity contribution in [2.45, 2.75) is 63.1 Å². The maximum absolute atomic E-state index is 13.6. The molecule has 1 aromatic heterocycles. The Kier molecular flexibility index (Phi) is 10.6. The molecular formula is C33H39N7O4S. The SMILES string of the molecule is NC(N)=NCCCC(NC(=O)C1CCC2CN(C(=O)CCc3ccccc3)CC(=O)N21)C(=O)c1ncc(Cc2ccccc2)s1. The molecule has 0 saturated carbocycles. The van der Waals surface area contributed by atoms with Crippen molar-refractivity contribution in [1.29, 1.82) is 0 Å². The lowest BCUT2D eigenvalue weighted by atomic mass is 10.1. The van der Waals surface area contributed by atoms with Crippen LogP contribution in [0.3, 0.4) is 0 Å². The van der Waals surface area contributed by atoms with E-state index in [0.29, 0.717) is 63.0 Å². The zero-order valence-electron chi connectivity index (χ0n) is 25.1. The summed E-state index contributed by atoms with van der Waals surface area (Å²) in [5.41, 5.74) is 13.1. The van der Waals surface area contributed by atoms with Gasteiger partial charge in [0.2, 0.25) is 23.5 Å². The second-order valence-electron chi connectivity index (χ2n) is 11.5. The molecule has 0 radical (unpaired) electrons. The van der Waals surface area contributed by atoms with E-state index in [-0.39, 0.29) is 42.1 Å². The van der Waals surface area contributed by atoms with E-state index in [4.69, 9.17) is 11.5 Å². The molecule has 0 bridgehead atoms. The van der Waals surface area contributed by atoms with Crippen molar-refractivity contribution in [3.63, 3.8) is 0 Å². The van der Waals surface area contributed by atoms with Crippen LogP contribution >= 0.6 is 11.3 Å². The lowest BCUT2D eigenvalue weighted by molar-refractivity contribution is -0.151. The minimum atomic E-state index is -0.850. The average Bonchev–Trinajstić information content (AvgIpc) is 3.69. The molecule has 2 aromatic carbocycles. The number of aliphatic imine (C=N–C) groups is 1. The first kappa shape index (κ1) is 31.8. The number of carbonyl (C=O) groups excluding carboxylic acids is 4. The van der Waals surface area contributed by atoms with E-state index in [1.165, 1.54) is 11.3 Å². The Balaban J connectivity index is 1.22. The molecule has 2 aliphatic heterocycles. The number of rotatable bonds is 13. The molecule has 11 nitrogen and oxygen atoms in total. The van der Waals surface area contributed by atoms with Crippen LogP contribution < -0.4 is 16.8 Å². The van der Waals surface area contributed by atoms with Gasteiger partial charge in [0, 0.05) is 37.0 Å². The third-order valence-corrected chi connectivity index (χ3v) is 9.25. The summed E-state index contributed by atoms with van der Waals surface area (Å²) < 4.78 is 0. The molecule has 5 N–H and O–H groups in total. The summed E-state index contributed by atoms with van der Waals surface area (Å²) in [7, 11) is 0. The van der Waals surface area contributed by atoms with Crippen LogP contribution in [0.2, 0.25) is 0 Å². The fourth-order valence-corrected chi connectivity index (χ4v) is 6.94. The van der Waals surface area contributed by atoms with Crippen molar-refractivity contribution in [2.24, 2.45) is 16.5 Å². The highest BCUT2D eigenvalue weighted by atomic mass is 32.1. The highest BCUT2D eigenvalue weighted by Gasteiger charge is 2.46. The standard InChI is InChI=1S/C33H39N7O4S/c34-33(35)36-17-7-12-26(30(43)32-37-19-25(45-32)18-23-10-5-2-6-11-23)38-31(44)27-15-14-24-20-39(21-29(42)40(24)27)28(41)16-13-22-8-3-1-4-9-22/h1-6,8-11,19,24,26-27H,7,12-18,20-21H2,(H,38,44)(H4,34,35,36). The van der Waals surface area contributed by atoms with E-state index >= 15 is 0 Å². The Labute approximate surface area is 266 Å². The molecule has 3 amide bonds. The molecule has 3 heterocycles. The Hall–Kier alpha value is -4.58. The number of aromatic nitrogens is 1. The summed E-state index contributed by atoms with van der Waals surface area (Å²) in [6.07, 6.45) is 5.11. The number of hydrogen-bond donors (Lipinski definition) is 3. The summed E-state index contributed by atoms with van der Waals surface area (Å²) in [5, 5.41) is 3.24. The molecule has 0 aliphatic carbocycles. The third kappa shape index (κ3) is 8.33. The van der Waals surface area contributed by atoms with Crippen molar-refractivity contribution >= 4 is 40.8 Å². The summed E-state index contributed by atoms with van der Waals surface area (Å²) in [4.78, 5) is 66.1. The Morgan fingerprint density at radius 3 is 2.44 bits per heavy atom. The minimum Gasteiger partial charge on any atom is -0.370 e. The molecule has 12 heteroatoms.